The van der Waals surface area contributed by atoms with E-state index >= 15 is 0 Å². The molecule has 9 heteroatoms. The number of amides is 1. The summed E-state index contributed by atoms with van der Waals surface area (Å²) in [6.45, 7) is 2.40. The molecule has 0 saturated carbocycles. The topological polar surface area (TPSA) is 118 Å². The van der Waals surface area contributed by atoms with Gasteiger partial charge >= 0.3 is 7.12 Å². The van der Waals surface area contributed by atoms with Crippen LogP contribution in [0.2, 0.25) is 0 Å². The molecule has 0 unspecified atom stereocenters. The van der Waals surface area contributed by atoms with E-state index in [9.17, 15) is 9.90 Å². The van der Waals surface area contributed by atoms with E-state index in [0.717, 1.165) is 41.7 Å². The average molecular weight is 513 g/mol. The minimum atomic E-state index is -1.51. The summed E-state index contributed by atoms with van der Waals surface area (Å²) in [5, 5.41) is 29.0. The van der Waals surface area contributed by atoms with Crippen molar-refractivity contribution in [2.75, 3.05) is 19.7 Å². The number of benzene rings is 3. The van der Waals surface area contributed by atoms with Crippen molar-refractivity contribution in [3.63, 3.8) is 0 Å². The number of aromatic nitrogens is 1. The van der Waals surface area contributed by atoms with Gasteiger partial charge in [-0.1, -0.05) is 66.7 Å². The number of carbonyl (C=O) groups excluding carboxylic acids is 1. The van der Waals surface area contributed by atoms with Gasteiger partial charge in [0.2, 0.25) is 0 Å². The van der Waals surface area contributed by atoms with Crippen molar-refractivity contribution in [3.05, 3.63) is 107 Å². The third-order valence-corrected chi connectivity index (χ3v) is 6.29. The van der Waals surface area contributed by atoms with Crippen LogP contribution in [-0.4, -0.2) is 57.8 Å². The molecule has 0 spiro atoms. The smallest absolute Gasteiger partial charge is 0.423 e. The fourth-order valence-electron chi connectivity index (χ4n) is 4.20. The van der Waals surface area contributed by atoms with Crippen molar-refractivity contribution in [3.8, 4) is 0 Å². The first-order valence-corrected chi connectivity index (χ1v) is 12.5. The number of hydrogen-bond donors (Lipinski definition) is 5. The molecule has 0 bridgehead atoms. The van der Waals surface area contributed by atoms with Crippen LogP contribution < -0.4 is 10.9 Å². The van der Waals surface area contributed by atoms with E-state index in [4.69, 9.17) is 14.9 Å². The maximum atomic E-state index is 12.1. The largest absolute Gasteiger partial charge is 0.488 e. The van der Waals surface area contributed by atoms with Gasteiger partial charge in [0, 0.05) is 42.8 Å². The summed E-state index contributed by atoms with van der Waals surface area (Å²) in [7, 11) is -1.51. The standard InChI is InChI=1S/C29H32BN3O5/c34-18-17-33(16-15-25-19-31-28-4-2-1-3-27(25)28)20-23-7-5-22(6-8-23)11-14-29(35)32-38-21-24-9-12-26(13-10-24)30(36)37/h1-14,19,31,34,36-37H,15-18,20-21H2,(H,32,35)/b14-11+. The number of hydroxylamine groups is 1. The molecule has 1 amide bonds. The van der Waals surface area contributed by atoms with Crippen LogP contribution in [0.4, 0.5) is 0 Å². The molecule has 0 saturated heterocycles. The van der Waals surface area contributed by atoms with Crippen LogP contribution in [0.1, 0.15) is 22.3 Å². The number of rotatable bonds is 13. The lowest BCUT2D eigenvalue weighted by atomic mass is 9.80. The van der Waals surface area contributed by atoms with Gasteiger partial charge in [-0.15, -0.1) is 0 Å². The van der Waals surface area contributed by atoms with Gasteiger partial charge in [0.05, 0.1) is 13.2 Å². The van der Waals surface area contributed by atoms with Crippen molar-refractivity contribution < 1.29 is 24.8 Å². The second-order valence-electron chi connectivity index (χ2n) is 9.05. The maximum absolute atomic E-state index is 12.1. The number of aliphatic hydroxyl groups is 1. The first-order chi connectivity index (χ1) is 18.5. The normalized spacial score (nSPS) is 11.5. The molecule has 1 aromatic heterocycles. The molecular formula is C29H32BN3O5. The highest BCUT2D eigenvalue weighted by Gasteiger charge is 2.10. The quantitative estimate of drug-likeness (QED) is 0.106. The van der Waals surface area contributed by atoms with E-state index in [1.807, 2.05) is 36.4 Å². The Bertz CT molecular complexity index is 1340. The number of aromatic amines is 1. The molecule has 8 nitrogen and oxygen atoms in total. The lowest BCUT2D eigenvalue weighted by molar-refractivity contribution is -0.129. The third kappa shape index (κ3) is 7.88. The lowest BCUT2D eigenvalue weighted by Gasteiger charge is -2.21. The van der Waals surface area contributed by atoms with Crippen LogP contribution in [-0.2, 0) is 29.2 Å². The van der Waals surface area contributed by atoms with Gasteiger partial charge in [-0.3, -0.25) is 14.5 Å². The molecule has 0 atom stereocenters. The van der Waals surface area contributed by atoms with Gasteiger partial charge in [-0.05, 0) is 46.3 Å². The van der Waals surface area contributed by atoms with Gasteiger partial charge in [0.15, 0.2) is 0 Å². The third-order valence-electron chi connectivity index (χ3n) is 6.29. The van der Waals surface area contributed by atoms with Crippen LogP contribution in [0.3, 0.4) is 0 Å². The van der Waals surface area contributed by atoms with Crippen molar-refractivity contribution in [2.45, 2.75) is 19.6 Å². The fraction of sp³-hybridized carbons (Fsp3) is 0.207. The van der Waals surface area contributed by atoms with Crippen molar-refractivity contribution in [1.82, 2.24) is 15.4 Å². The summed E-state index contributed by atoms with van der Waals surface area (Å²) in [4.78, 5) is 22.8. The van der Waals surface area contributed by atoms with Crippen molar-refractivity contribution in [1.29, 1.82) is 0 Å². The zero-order chi connectivity index (χ0) is 26.7. The molecule has 196 valence electrons. The minimum absolute atomic E-state index is 0.100. The summed E-state index contributed by atoms with van der Waals surface area (Å²) < 4.78 is 0. The Labute approximate surface area is 222 Å². The number of carbonyl (C=O) groups is 1. The molecule has 0 aliphatic rings. The van der Waals surface area contributed by atoms with Crippen LogP contribution >= 0.6 is 0 Å². The number of hydrogen-bond acceptors (Lipinski definition) is 6. The van der Waals surface area contributed by atoms with Gasteiger partial charge in [-0.25, -0.2) is 5.48 Å². The SMILES string of the molecule is O=C(/C=C/c1ccc(CN(CCO)CCc2c[nH]c3ccccc23)cc1)NOCc1ccc(B(O)O)cc1. The predicted molar refractivity (Wildman–Crippen MR) is 149 cm³/mol. The monoisotopic (exact) mass is 513 g/mol. The van der Waals surface area contributed by atoms with Gasteiger partial charge in [0.1, 0.15) is 0 Å². The van der Waals surface area contributed by atoms with Crippen molar-refractivity contribution in [2.24, 2.45) is 0 Å². The Morgan fingerprint density at radius 1 is 0.974 bits per heavy atom. The molecule has 0 radical (unpaired) electrons. The molecule has 0 fully saturated rings. The Morgan fingerprint density at radius 2 is 1.71 bits per heavy atom. The average Bonchev–Trinajstić information content (AvgIpc) is 3.35. The molecular weight excluding hydrogens is 481 g/mol. The van der Waals surface area contributed by atoms with Crippen LogP contribution in [0.5, 0.6) is 0 Å². The molecule has 4 rings (SSSR count). The fourth-order valence-corrected chi connectivity index (χ4v) is 4.20. The Hall–Kier alpha value is -3.73. The second kappa shape index (κ2) is 13.7. The number of nitrogens with one attached hydrogen (secondary N) is 2. The summed E-state index contributed by atoms with van der Waals surface area (Å²) in [6.07, 6.45) is 6.06. The Kier molecular flexibility index (Phi) is 9.86. The Balaban J connectivity index is 1.23. The number of nitrogens with zero attached hydrogens (tertiary/aromatic N) is 1. The first kappa shape index (κ1) is 27.3. The van der Waals surface area contributed by atoms with E-state index < -0.39 is 7.12 Å². The molecule has 0 aliphatic carbocycles. The zero-order valence-corrected chi connectivity index (χ0v) is 21.1. The maximum Gasteiger partial charge on any atom is 0.488 e. The predicted octanol–water partition coefficient (Wildman–Crippen LogP) is 2.15. The number of aliphatic hydroxyl groups excluding tert-OH is 1. The van der Waals surface area contributed by atoms with Crippen LogP contribution in [0, 0.1) is 0 Å². The lowest BCUT2D eigenvalue weighted by Crippen LogP contribution is -2.29. The Morgan fingerprint density at radius 3 is 2.45 bits per heavy atom. The summed E-state index contributed by atoms with van der Waals surface area (Å²) in [5.74, 6) is -0.386. The zero-order valence-electron chi connectivity index (χ0n) is 21.1. The second-order valence-corrected chi connectivity index (χ2v) is 9.05. The summed E-state index contributed by atoms with van der Waals surface area (Å²) in [5.41, 5.74) is 7.95. The van der Waals surface area contributed by atoms with Crippen molar-refractivity contribution >= 4 is 35.5 Å². The minimum Gasteiger partial charge on any atom is -0.423 e. The number of para-hydroxylation sites is 1. The molecule has 0 aliphatic heterocycles. The van der Waals surface area contributed by atoms with Gasteiger partial charge in [-0.2, -0.15) is 0 Å². The summed E-state index contributed by atoms with van der Waals surface area (Å²) in [6, 6.07) is 22.8. The van der Waals surface area contributed by atoms with Gasteiger partial charge < -0.3 is 20.1 Å². The summed E-state index contributed by atoms with van der Waals surface area (Å²) >= 11 is 0. The van der Waals surface area contributed by atoms with E-state index in [-0.39, 0.29) is 19.1 Å². The number of H-pyrrole nitrogens is 1. The molecule has 5 N–H and O–H groups in total. The van der Waals surface area contributed by atoms with E-state index in [1.54, 1.807) is 30.3 Å². The van der Waals surface area contributed by atoms with E-state index in [2.05, 4.69) is 33.7 Å². The highest BCUT2D eigenvalue weighted by molar-refractivity contribution is 6.58. The molecule has 1 heterocycles. The van der Waals surface area contributed by atoms with Crippen LogP contribution in [0.15, 0.2) is 85.1 Å². The van der Waals surface area contributed by atoms with E-state index in [0.29, 0.717) is 12.0 Å². The first-order valence-electron chi connectivity index (χ1n) is 12.5. The molecule has 3 aromatic carbocycles. The molecule has 38 heavy (non-hydrogen) atoms. The van der Waals surface area contributed by atoms with Gasteiger partial charge in [0.25, 0.3) is 5.91 Å². The highest BCUT2D eigenvalue weighted by atomic mass is 16.6. The number of fused-ring (bicyclic) bond motifs is 1. The van der Waals surface area contributed by atoms with E-state index in [1.165, 1.54) is 17.0 Å². The highest BCUT2D eigenvalue weighted by Crippen LogP contribution is 2.19. The van der Waals surface area contributed by atoms with Crippen LogP contribution in [0.25, 0.3) is 17.0 Å². The molecule has 4 aromatic rings.